The number of carbonyl (C=O) groups is 1. The first-order valence-corrected chi connectivity index (χ1v) is 9.99. The Morgan fingerprint density at radius 1 is 1.24 bits per heavy atom. The van der Waals surface area contributed by atoms with Crippen LogP contribution < -0.4 is 15.5 Å². The smallest absolute Gasteiger partial charge is 0.279 e. The molecule has 0 aromatic carbocycles. The highest BCUT2D eigenvalue weighted by molar-refractivity contribution is 6.16. The molecule has 0 bridgehead atoms. The summed E-state index contributed by atoms with van der Waals surface area (Å²) in [7, 11) is 6.09. The molecular weight excluding hydrogens is 430 g/mol. The molecule has 3 aromatic rings. The van der Waals surface area contributed by atoms with Crippen LogP contribution in [0, 0.1) is 12.7 Å². The highest BCUT2D eigenvalue weighted by atomic mass is 19.1. The van der Waals surface area contributed by atoms with E-state index in [1.54, 1.807) is 13.0 Å². The zero-order chi connectivity index (χ0) is 23.5. The molecule has 0 fully saturated rings. The first kappa shape index (κ1) is 21.3. The van der Waals surface area contributed by atoms with Gasteiger partial charge in [-0.15, -0.1) is 0 Å². The van der Waals surface area contributed by atoms with Crippen molar-refractivity contribution in [3.8, 4) is 0 Å². The number of hydrogen-bond acceptors (Lipinski definition) is 9. The Morgan fingerprint density at radius 3 is 2.79 bits per heavy atom. The first-order valence-electron chi connectivity index (χ1n) is 9.99. The number of aromatic nitrogens is 3. The maximum Gasteiger partial charge on any atom is 0.279 e. The minimum Gasteiger partial charge on any atom is -0.380 e. The maximum absolute atomic E-state index is 14.0. The van der Waals surface area contributed by atoms with Crippen LogP contribution in [0.4, 0.5) is 21.6 Å². The van der Waals surface area contributed by atoms with Gasteiger partial charge in [-0.2, -0.15) is 0 Å². The number of halogens is 1. The van der Waals surface area contributed by atoms with Crippen molar-refractivity contribution in [1.29, 1.82) is 0 Å². The molecule has 2 aliphatic heterocycles. The summed E-state index contributed by atoms with van der Waals surface area (Å²) in [5.41, 5.74) is -0.676. The topological polar surface area (TPSA) is 144 Å². The minimum atomic E-state index is -2.83. The second kappa shape index (κ2) is 7.20. The molecule has 0 saturated carbocycles. The van der Waals surface area contributed by atoms with Gasteiger partial charge in [0.15, 0.2) is 5.82 Å². The molecule has 0 aliphatic carbocycles. The number of aryl methyl sites for hydroxylation is 1. The summed E-state index contributed by atoms with van der Waals surface area (Å²) < 4.78 is 14.0. The molecular formula is C21H18BFN6O4. The van der Waals surface area contributed by atoms with Crippen LogP contribution in [0.5, 0.6) is 0 Å². The summed E-state index contributed by atoms with van der Waals surface area (Å²) in [5, 5.41) is 38.9. The van der Waals surface area contributed by atoms with Gasteiger partial charge in [0, 0.05) is 12.6 Å². The molecule has 5 N–H and O–H groups in total. The molecule has 2 radical (unpaired) electrons. The van der Waals surface area contributed by atoms with Crippen LogP contribution >= 0.6 is 0 Å². The second-order valence-corrected chi connectivity index (χ2v) is 8.03. The summed E-state index contributed by atoms with van der Waals surface area (Å²) in [5.74, 6) is -3.74. The standard InChI is InChI=1S/C21H18BFN6O4/c1-10-4-12-17(9-26-19(12)30)28-18(10)29-20(22,31)6-16-13(21(29,32)33)5-11(7-25-16)27-15-2-3-24-8-14(15)23/h2-5,7-8,31-33H,6,9H2,1H3,(H,24,27)(H,26,30). The van der Waals surface area contributed by atoms with E-state index in [0.717, 1.165) is 11.1 Å². The Morgan fingerprint density at radius 2 is 2.03 bits per heavy atom. The predicted molar refractivity (Wildman–Crippen MR) is 115 cm³/mol. The lowest BCUT2D eigenvalue weighted by Crippen LogP contribution is -2.65. The molecule has 10 nitrogen and oxygen atoms in total. The number of rotatable bonds is 3. The Kier molecular flexibility index (Phi) is 4.64. The van der Waals surface area contributed by atoms with Crippen LogP contribution in [0.1, 0.15) is 32.9 Å². The number of nitrogens with zero attached hydrogens (tertiary/aromatic N) is 4. The summed E-state index contributed by atoms with van der Waals surface area (Å²) in [6.07, 6.45) is 3.54. The lowest BCUT2D eigenvalue weighted by Gasteiger charge is -2.50. The lowest BCUT2D eigenvalue weighted by atomic mass is 9.78. The van der Waals surface area contributed by atoms with Crippen molar-refractivity contribution in [2.75, 3.05) is 10.2 Å². The third-order valence-corrected chi connectivity index (χ3v) is 5.65. The number of carbonyl (C=O) groups excluding carboxylic acids is 1. The van der Waals surface area contributed by atoms with Gasteiger partial charge in [-0.3, -0.25) is 19.7 Å². The van der Waals surface area contributed by atoms with E-state index < -0.39 is 17.4 Å². The van der Waals surface area contributed by atoms with Crippen LogP contribution in [0.15, 0.2) is 36.8 Å². The van der Waals surface area contributed by atoms with Crippen LogP contribution in [-0.4, -0.2) is 49.6 Å². The summed E-state index contributed by atoms with van der Waals surface area (Å²) >= 11 is 0. The van der Waals surface area contributed by atoms with Gasteiger partial charge in [0.1, 0.15) is 19.3 Å². The summed E-state index contributed by atoms with van der Waals surface area (Å²) in [6, 6.07) is 4.33. The minimum absolute atomic E-state index is 0.00978. The fourth-order valence-corrected chi connectivity index (χ4v) is 4.13. The van der Waals surface area contributed by atoms with E-state index in [-0.39, 0.29) is 47.3 Å². The molecule has 0 spiro atoms. The van der Waals surface area contributed by atoms with Crippen molar-refractivity contribution in [2.24, 2.45) is 0 Å². The molecule has 1 amide bonds. The second-order valence-electron chi connectivity index (χ2n) is 8.03. The Bertz CT molecular complexity index is 1300. The lowest BCUT2D eigenvalue weighted by molar-refractivity contribution is -0.198. The molecule has 33 heavy (non-hydrogen) atoms. The van der Waals surface area contributed by atoms with Gasteiger partial charge in [-0.05, 0) is 30.7 Å². The molecule has 12 heteroatoms. The number of amides is 1. The fraction of sp³-hybridized carbons (Fsp3) is 0.238. The zero-order valence-electron chi connectivity index (χ0n) is 17.4. The summed E-state index contributed by atoms with van der Waals surface area (Å²) in [6.45, 7) is 1.77. The van der Waals surface area contributed by atoms with Crippen molar-refractivity contribution in [3.63, 3.8) is 0 Å². The Hall–Kier alpha value is -3.61. The molecule has 1 atom stereocenters. The predicted octanol–water partition coefficient (Wildman–Crippen LogP) is 0.278. The van der Waals surface area contributed by atoms with Crippen LogP contribution in [0.2, 0.25) is 0 Å². The van der Waals surface area contributed by atoms with E-state index in [2.05, 4.69) is 25.6 Å². The maximum atomic E-state index is 14.0. The van der Waals surface area contributed by atoms with Crippen molar-refractivity contribution in [3.05, 3.63) is 70.7 Å². The van der Waals surface area contributed by atoms with Gasteiger partial charge < -0.3 is 26.0 Å². The van der Waals surface area contributed by atoms with E-state index in [1.165, 1.54) is 24.5 Å². The normalized spacial score (nSPS) is 20.8. The van der Waals surface area contributed by atoms with Crippen molar-refractivity contribution >= 4 is 30.9 Å². The number of anilines is 3. The third kappa shape index (κ3) is 3.39. The Balaban J connectivity index is 1.60. The van der Waals surface area contributed by atoms with Crippen LogP contribution in [0.25, 0.3) is 0 Å². The van der Waals surface area contributed by atoms with Gasteiger partial charge in [0.2, 0.25) is 0 Å². The molecule has 0 saturated heterocycles. The molecule has 166 valence electrons. The summed E-state index contributed by atoms with van der Waals surface area (Å²) in [4.78, 5) is 25.0. The number of nitrogens with one attached hydrogen (secondary N) is 2. The SMILES string of the molecule is [B]C1(O)Cc2ncc(Nc3ccncc3F)cc2C(O)(O)N1c1nc2c(cc1C)C(=O)NC2. The van der Waals surface area contributed by atoms with Gasteiger partial charge in [0.25, 0.3) is 11.8 Å². The van der Waals surface area contributed by atoms with E-state index in [0.29, 0.717) is 16.8 Å². The van der Waals surface area contributed by atoms with E-state index in [4.69, 9.17) is 7.85 Å². The average Bonchev–Trinajstić information content (AvgIpc) is 3.09. The number of pyridine rings is 3. The van der Waals surface area contributed by atoms with Crippen molar-refractivity contribution in [1.82, 2.24) is 20.3 Å². The van der Waals surface area contributed by atoms with Crippen LogP contribution in [-0.2, 0) is 18.9 Å². The first-order chi connectivity index (χ1) is 15.6. The van der Waals surface area contributed by atoms with Gasteiger partial charge in [-0.1, -0.05) is 0 Å². The van der Waals surface area contributed by atoms with Crippen molar-refractivity contribution in [2.45, 2.75) is 31.4 Å². The number of hydrogen-bond donors (Lipinski definition) is 5. The number of aliphatic hydroxyl groups is 3. The van der Waals surface area contributed by atoms with Gasteiger partial charge in [-0.25, -0.2) is 9.37 Å². The van der Waals surface area contributed by atoms with E-state index >= 15 is 0 Å². The monoisotopic (exact) mass is 448 g/mol. The average molecular weight is 448 g/mol. The fourth-order valence-electron chi connectivity index (χ4n) is 4.13. The largest absolute Gasteiger partial charge is 0.380 e. The zero-order valence-corrected chi connectivity index (χ0v) is 17.4. The van der Waals surface area contributed by atoms with E-state index in [9.17, 15) is 24.5 Å². The van der Waals surface area contributed by atoms with E-state index in [1.807, 2.05) is 0 Å². The highest BCUT2D eigenvalue weighted by Gasteiger charge is 2.52. The molecule has 2 aliphatic rings. The molecule has 5 rings (SSSR count). The third-order valence-electron chi connectivity index (χ3n) is 5.65. The number of fused-ring (bicyclic) bond motifs is 2. The molecule has 5 heterocycles. The highest BCUT2D eigenvalue weighted by Crippen LogP contribution is 2.42. The Labute approximate surface area is 188 Å². The van der Waals surface area contributed by atoms with Crippen molar-refractivity contribution < 1.29 is 24.5 Å². The molecule has 3 aromatic heterocycles. The van der Waals surface area contributed by atoms with Gasteiger partial charge in [0.05, 0.1) is 52.8 Å². The van der Waals surface area contributed by atoms with Gasteiger partial charge >= 0.3 is 0 Å². The molecule has 1 unspecified atom stereocenters. The van der Waals surface area contributed by atoms with Crippen LogP contribution in [0.3, 0.4) is 0 Å². The quantitative estimate of drug-likeness (QED) is 0.282.